The van der Waals surface area contributed by atoms with Gasteiger partial charge < -0.3 is 15.3 Å². The number of nitrogens with zero attached hydrogens (tertiary/aromatic N) is 2. The molecule has 0 atom stereocenters. The van der Waals surface area contributed by atoms with Crippen molar-refractivity contribution in [2.24, 2.45) is 0 Å². The van der Waals surface area contributed by atoms with Crippen molar-refractivity contribution < 1.29 is 14.3 Å². The molecule has 2 aromatic heterocycles. The highest BCUT2D eigenvalue weighted by molar-refractivity contribution is 9.10. The smallest absolute Gasteiger partial charge is 0.408 e. The minimum atomic E-state index is -0.546. The number of hydrogen-bond donors (Lipinski definition) is 1. The normalized spacial score (nSPS) is 11.8. The second-order valence-corrected chi connectivity index (χ2v) is 8.29. The van der Waals surface area contributed by atoms with Crippen LogP contribution in [0, 0.1) is 5.21 Å². The summed E-state index contributed by atoms with van der Waals surface area (Å²) in [6, 6.07) is 5.56. The van der Waals surface area contributed by atoms with Crippen LogP contribution in [0.5, 0.6) is 0 Å². The number of alkyl carbamates (subject to hydrolysis) is 1. The van der Waals surface area contributed by atoms with E-state index < -0.39 is 11.7 Å². The Morgan fingerprint density at radius 1 is 1.46 bits per heavy atom. The molecule has 24 heavy (non-hydrogen) atoms. The van der Waals surface area contributed by atoms with E-state index >= 15 is 0 Å². The van der Waals surface area contributed by atoms with Crippen LogP contribution >= 0.6 is 27.3 Å². The van der Waals surface area contributed by atoms with Gasteiger partial charge in [0, 0.05) is 10.5 Å². The van der Waals surface area contributed by atoms with E-state index in [9.17, 15) is 10.0 Å². The van der Waals surface area contributed by atoms with Crippen LogP contribution in [0.2, 0.25) is 0 Å². The summed E-state index contributed by atoms with van der Waals surface area (Å²) in [6.45, 7) is 5.68. The molecule has 0 unspecified atom stereocenters. The Morgan fingerprint density at radius 3 is 2.92 bits per heavy atom. The van der Waals surface area contributed by atoms with E-state index in [1.54, 1.807) is 6.07 Å². The highest BCUT2D eigenvalue weighted by Gasteiger charge is 2.18. The summed E-state index contributed by atoms with van der Waals surface area (Å²) in [7, 11) is 0. The van der Waals surface area contributed by atoms with Gasteiger partial charge >= 0.3 is 6.09 Å². The number of aromatic nitrogens is 2. The number of fused-ring (bicyclic) bond motifs is 3. The molecule has 1 aromatic carbocycles. The summed E-state index contributed by atoms with van der Waals surface area (Å²) in [4.78, 5) is 16.2. The molecule has 0 aliphatic rings. The Labute approximate surface area is 151 Å². The topological polar surface area (TPSA) is 78.2 Å². The SMILES string of the molecule is CC(C)(C)OC(=O)NCc1nc2c[n+]([O-])c3cc(Br)ccc3c2s1. The van der Waals surface area contributed by atoms with Crippen molar-refractivity contribution in [3.05, 3.63) is 39.1 Å². The minimum absolute atomic E-state index is 0.255. The van der Waals surface area contributed by atoms with Crippen LogP contribution in [0.25, 0.3) is 21.1 Å². The lowest BCUT2D eigenvalue weighted by molar-refractivity contribution is -0.575. The second kappa shape index (κ2) is 6.18. The molecule has 0 saturated carbocycles. The first-order valence-corrected chi connectivity index (χ1v) is 8.91. The largest absolute Gasteiger partial charge is 0.618 e. The Hall–Kier alpha value is -1.93. The summed E-state index contributed by atoms with van der Waals surface area (Å²) < 4.78 is 7.78. The molecule has 126 valence electrons. The van der Waals surface area contributed by atoms with Crippen LogP contribution in [0.15, 0.2) is 28.9 Å². The molecule has 0 spiro atoms. The average Bonchev–Trinajstić information content (AvgIpc) is 2.86. The first-order chi connectivity index (χ1) is 11.2. The van der Waals surface area contributed by atoms with E-state index in [1.807, 2.05) is 32.9 Å². The number of nitrogens with one attached hydrogen (secondary N) is 1. The van der Waals surface area contributed by atoms with Gasteiger partial charge in [-0.1, -0.05) is 15.9 Å². The van der Waals surface area contributed by atoms with Gasteiger partial charge in [0.15, 0.2) is 0 Å². The van der Waals surface area contributed by atoms with Crippen molar-refractivity contribution in [3.8, 4) is 0 Å². The molecular weight excluding hydrogens is 394 g/mol. The number of carbonyl (C=O) groups is 1. The van der Waals surface area contributed by atoms with Gasteiger partial charge in [-0.25, -0.2) is 9.78 Å². The van der Waals surface area contributed by atoms with E-state index in [0.717, 1.165) is 19.3 Å². The van der Waals surface area contributed by atoms with Gasteiger partial charge in [0.2, 0.25) is 11.7 Å². The highest BCUT2D eigenvalue weighted by atomic mass is 79.9. The number of benzene rings is 1. The van der Waals surface area contributed by atoms with E-state index in [1.165, 1.54) is 17.5 Å². The predicted octanol–water partition coefficient (Wildman–Crippen LogP) is 3.87. The van der Waals surface area contributed by atoms with Gasteiger partial charge in [-0.3, -0.25) is 0 Å². The van der Waals surface area contributed by atoms with Crippen molar-refractivity contribution in [2.45, 2.75) is 32.9 Å². The summed E-state index contributed by atoms with van der Waals surface area (Å²) >= 11 is 4.83. The molecule has 3 rings (SSSR count). The van der Waals surface area contributed by atoms with Gasteiger partial charge in [-0.15, -0.1) is 11.3 Å². The Morgan fingerprint density at radius 2 is 2.21 bits per heavy atom. The van der Waals surface area contributed by atoms with Crippen LogP contribution in [0.3, 0.4) is 0 Å². The number of thiazole rings is 1. The third kappa shape index (κ3) is 3.59. The first-order valence-electron chi connectivity index (χ1n) is 7.31. The Kier molecular flexibility index (Phi) is 4.35. The number of rotatable bonds is 2. The molecule has 8 heteroatoms. The zero-order valence-corrected chi connectivity index (χ0v) is 15.8. The first kappa shape index (κ1) is 16.9. The number of ether oxygens (including phenoxy) is 1. The van der Waals surface area contributed by atoms with Gasteiger partial charge in [0.25, 0.3) is 0 Å². The van der Waals surface area contributed by atoms with Crippen molar-refractivity contribution in [3.63, 3.8) is 0 Å². The quantitative estimate of drug-likeness (QED) is 0.514. The van der Waals surface area contributed by atoms with Crippen LogP contribution in [0.1, 0.15) is 25.8 Å². The van der Waals surface area contributed by atoms with E-state index in [2.05, 4.69) is 26.2 Å². The summed E-state index contributed by atoms with van der Waals surface area (Å²) in [6.07, 6.45) is 0.965. The van der Waals surface area contributed by atoms with Gasteiger partial charge in [-0.05, 0) is 32.9 Å². The van der Waals surface area contributed by atoms with Crippen LogP contribution in [-0.2, 0) is 11.3 Å². The summed E-state index contributed by atoms with van der Waals surface area (Å²) in [5.74, 6) is 0. The van der Waals surface area contributed by atoms with Crippen molar-refractivity contribution in [1.82, 2.24) is 10.3 Å². The molecule has 0 saturated heterocycles. The van der Waals surface area contributed by atoms with Crippen molar-refractivity contribution in [1.29, 1.82) is 0 Å². The molecule has 0 bridgehead atoms. The monoisotopic (exact) mass is 409 g/mol. The third-order valence-corrected chi connectivity index (χ3v) is 4.76. The van der Waals surface area contributed by atoms with Gasteiger partial charge in [0.05, 0.1) is 16.6 Å². The van der Waals surface area contributed by atoms with Crippen molar-refractivity contribution >= 4 is 54.5 Å². The summed E-state index contributed by atoms with van der Waals surface area (Å²) in [5.41, 5.74) is 0.646. The number of carbonyl (C=O) groups excluding carboxylic acids is 1. The Balaban J connectivity index is 1.89. The molecule has 0 aliphatic heterocycles. The predicted molar refractivity (Wildman–Crippen MR) is 96.9 cm³/mol. The third-order valence-electron chi connectivity index (χ3n) is 3.16. The molecule has 0 fully saturated rings. The molecular formula is C16H16BrN3O3S. The van der Waals surface area contributed by atoms with Crippen LogP contribution in [-0.4, -0.2) is 16.7 Å². The number of hydrogen-bond acceptors (Lipinski definition) is 5. The van der Waals surface area contributed by atoms with E-state index in [4.69, 9.17) is 4.74 Å². The number of halogens is 1. The fourth-order valence-corrected chi connectivity index (χ4v) is 3.61. The van der Waals surface area contributed by atoms with Gasteiger partial charge in [-0.2, -0.15) is 4.73 Å². The molecule has 1 amide bonds. The number of amides is 1. The second-order valence-electron chi connectivity index (χ2n) is 6.29. The maximum absolute atomic E-state index is 12.1. The fraction of sp³-hybridized carbons (Fsp3) is 0.312. The van der Waals surface area contributed by atoms with Crippen LogP contribution < -0.4 is 10.0 Å². The fourth-order valence-electron chi connectivity index (χ4n) is 2.26. The minimum Gasteiger partial charge on any atom is -0.618 e. The lowest BCUT2D eigenvalue weighted by atomic mass is 10.2. The molecule has 6 nitrogen and oxygen atoms in total. The highest BCUT2D eigenvalue weighted by Crippen LogP contribution is 2.29. The van der Waals surface area contributed by atoms with E-state index in [-0.39, 0.29) is 6.54 Å². The van der Waals surface area contributed by atoms with Crippen LogP contribution in [0.4, 0.5) is 4.79 Å². The van der Waals surface area contributed by atoms with Crippen molar-refractivity contribution in [2.75, 3.05) is 0 Å². The maximum atomic E-state index is 12.1. The molecule has 1 N–H and O–H groups in total. The maximum Gasteiger partial charge on any atom is 0.408 e. The lowest BCUT2D eigenvalue weighted by Crippen LogP contribution is -2.32. The van der Waals surface area contributed by atoms with Gasteiger partial charge in [0.1, 0.15) is 16.1 Å². The lowest BCUT2D eigenvalue weighted by Gasteiger charge is -2.19. The Bertz CT molecular complexity index is 934. The average molecular weight is 410 g/mol. The summed E-state index contributed by atoms with van der Waals surface area (Å²) in [5, 5.41) is 16.4. The molecule has 3 aromatic rings. The van der Waals surface area contributed by atoms with E-state index in [0.29, 0.717) is 16.0 Å². The standard InChI is InChI=1S/C16H16BrN3O3S/c1-16(2,3)23-15(21)18-7-13-19-11-8-20(22)12-6-9(17)4-5-10(12)14(11)24-13/h4-6,8H,7H2,1-3H3,(H,18,21). The molecule has 2 heterocycles. The molecule has 0 aliphatic carbocycles. The zero-order chi connectivity index (χ0) is 17.5. The molecule has 0 radical (unpaired) electrons. The number of pyridine rings is 1. The zero-order valence-electron chi connectivity index (χ0n) is 13.4.